The number of nitrogen functional groups attached to an aromatic ring is 1. The number of aromatic nitrogens is 3. The molecule has 1 heterocycles. The van der Waals surface area contributed by atoms with Crippen LogP contribution in [0.1, 0.15) is 30.8 Å². The molecule has 9 heteroatoms. The molecule has 0 fully saturated rings. The van der Waals surface area contributed by atoms with Crippen molar-refractivity contribution in [1.82, 2.24) is 15.0 Å². The lowest BCUT2D eigenvalue weighted by atomic mass is 10.1. The molecule has 0 amide bonds. The van der Waals surface area contributed by atoms with Crippen molar-refractivity contribution in [1.29, 1.82) is 0 Å². The molecule has 3 rings (SSSR count). The monoisotopic (exact) mass is 422 g/mol. The van der Waals surface area contributed by atoms with Gasteiger partial charge in [-0.1, -0.05) is 30.3 Å². The fourth-order valence-electron chi connectivity index (χ4n) is 2.86. The molecule has 0 atom stereocenters. The third kappa shape index (κ3) is 6.05. The highest BCUT2D eigenvalue weighted by Crippen LogP contribution is 2.27. The van der Waals surface area contributed by atoms with Gasteiger partial charge in [-0.25, -0.2) is 0 Å². The molecule has 1 aromatic heterocycles. The van der Waals surface area contributed by atoms with Gasteiger partial charge in [0, 0.05) is 11.3 Å². The van der Waals surface area contributed by atoms with Gasteiger partial charge in [-0.15, -0.1) is 0 Å². The zero-order valence-corrected chi connectivity index (χ0v) is 17.8. The van der Waals surface area contributed by atoms with Crippen molar-refractivity contribution in [2.24, 2.45) is 5.16 Å². The lowest BCUT2D eigenvalue weighted by Crippen LogP contribution is -2.08. The Balaban J connectivity index is 1.64. The van der Waals surface area contributed by atoms with Crippen LogP contribution in [0.25, 0.3) is 0 Å². The number of nitrogens with zero attached hydrogens (tertiary/aromatic N) is 4. The van der Waals surface area contributed by atoms with E-state index in [1.807, 2.05) is 49.4 Å². The van der Waals surface area contributed by atoms with Crippen LogP contribution in [0.2, 0.25) is 0 Å². The first-order valence-corrected chi connectivity index (χ1v) is 9.94. The first-order chi connectivity index (χ1) is 15.1. The maximum absolute atomic E-state index is 5.83. The van der Waals surface area contributed by atoms with E-state index in [4.69, 9.17) is 20.0 Å². The van der Waals surface area contributed by atoms with E-state index >= 15 is 0 Å². The second-order valence-corrected chi connectivity index (χ2v) is 6.42. The quantitative estimate of drug-likeness (QED) is 0.375. The molecule has 0 bridgehead atoms. The SMILES string of the molecule is CCOc1ccc(/C=N/OCc2nc(N)nc(Nc3ccccc3CC)n2)cc1OC. The van der Waals surface area contributed by atoms with E-state index in [1.165, 1.54) is 0 Å². The number of methoxy groups -OCH3 is 1. The van der Waals surface area contributed by atoms with Crippen molar-refractivity contribution in [2.75, 3.05) is 24.8 Å². The Morgan fingerprint density at radius 2 is 1.90 bits per heavy atom. The maximum Gasteiger partial charge on any atom is 0.232 e. The number of nitrogens with one attached hydrogen (secondary N) is 1. The van der Waals surface area contributed by atoms with Gasteiger partial charge in [0.15, 0.2) is 23.9 Å². The molecule has 0 aliphatic carbocycles. The molecular weight excluding hydrogens is 396 g/mol. The summed E-state index contributed by atoms with van der Waals surface area (Å²) >= 11 is 0. The molecule has 9 nitrogen and oxygen atoms in total. The number of anilines is 3. The summed E-state index contributed by atoms with van der Waals surface area (Å²) in [6.07, 6.45) is 2.45. The Morgan fingerprint density at radius 3 is 2.68 bits per heavy atom. The van der Waals surface area contributed by atoms with Gasteiger partial charge in [-0.2, -0.15) is 15.0 Å². The molecule has 31 heavy (non-hydrogen) atoms. The molecule has 0 spiro atoms. The summed E-state index contributed by atoms with van der Waals surface area (Å²) in [5, 5.41) is 7.16. The minimum absolute atomic E-state index is 0.0431. The Kier molecular flexibility index (Phi) is 7.58. The first kappa shape index (κ1) is 21.8. The van der Waals surface area contributed by atoms with Gasteiger partial charge in [0.05, 0.1) is 19.9 Å². The van der Waals surface area contributed by atoms with Crippen LogP contribution < -0.4 is 20.5 Å². The Morgan fingerprint density at radius 1 is 1.06 bits per heavy atom. The second kappa shape index (κ2) is 10.8. The number of nitrogens with two attached hydrogens (primary N) is 1. The lowest BCUT2D eigenvalue weighted by Gasteiger charge is -2.10. The van der Waals surface area contributed by atoms with Crippen molar-refractivity contribution in [3.05, 3.63) is 59.4 Å². The van der Waals surface area contributed by atoms with E-state index in [2.05, 4.69) is 32.3 Å². The first-order valence-electron chi connectivity index (χ1n) is 9.94. The van der Waals surface area contributed by atoms with Crippen LogP contribution in [0, 0.1) is 0 Å². The Bertz CT molecular complexity index is 1040. The van der Waals surface area contributed by atoms with E-state index in [0.29, 0.717) is 29.9 Å². The van der Waals surface area contributed by atoms with Gasteiger partial charge in [0.1, 0.15) is 0 Å². The summed E-state index contributed by atoms with van der Waals surface area (Å²) in [7, 11) is 1.59. The predicted molar refractivity (Wildman–Crippen MR) is 120 cm³/mol. The molecule has 3 aromatic rings. The highest BCUT2D eigenvalue weighted by molar-refractivity contribution is 5.80. The summed E-state index contributed by atoms with van der Waals surface area (Å²) in [5.74, 6) is 2.12. The van der Waals surface area contributed by atoms with Crippen LogP contribution in [-0.4, -0.2) is 34.9 Å². The van der Waals surface area contributed by atoms with Crippen molar-refractivity contribution in [2.45, 2.75) is 26.9 Å². The third-order valence-electron chi connectivity index (χ3n) is 4.30. The fraction of sp³-hybridized carbons (Fsp3) is 0.273. The summed E-state index contributed by atoms with van der Waals surface area (Å²) in [6, 6.07) is 13.4. The second-order valence-electron chi connectivity index (χ2n) is 6.42. The largest absolute Gasteiger partial charge is 0.493 e. The number of para-hydroxylation sites is 1. The van der Waals surface area contributed by atoms with E-state index in [9.17, 15) is 0 Å². The van der Waals surface area contributed by atoms with Gasteiger partial charge in [-0.05, 0) is 43.2 Å². The predicted octanol–water partition coefficient (Wildman–Crippen LogP) is 3.72. The summed E-state index contributed by atoms with van der Waals surface area (Å²) in [4.78, 5) is 18.0. The number of aryl methyl sites for hydroxylation is 1. The molecule has 0 saturated heterocycles. The van der Waals surface area contributed by atoms with Gasteiger partial charge in [0.2, 0.25) is 11.9 Å². The minimum atomic E-state index is 0.0431. The van der Waals surface area contributed by atoms with Crippen LogP contribution in [-0.2, 0) is 17.9 Å². The molecular formula is C22H26N6O3. The topological polar surface area (TPSA) is 117 Å². The molecule has 0 radical (unpaired) electrons. The summed E-state index contributed by atoms with van der Waals surface area (Å²) < 4.78 is 10.8. The molecule has 0 aliphatic heterocycles. The van der Waals surface area contributed by atoms with Crippen molar-refractivity contribution in [3.63, 3.8) is 0 Å². The fourth-order valence-corrected chi connectivity index (χ4v) is 2.86. The molecule has 0 aliphatic rings. The zero-order chi connectivity index (χ0) is 22.1. The molecule has 162 valence electrons. The highest BCUT2D eigenvalue weighted by Gasteiger charge is 2.08. The lowest BCUT2D eigenvalue weighted by molar-refractivity contribution is 0.126. The Hall–Kier alpha value is -3.88. The number of ether oxygens (including phenoxy) is 2. The number of hydrogen-bond acceptors (Lipinski definition) is 9. The van der Waals surface area contributed by atoms with Gasteiger partial charge in [0.25, 0.3) is 0 Å². The van der Waals surface area contributed by atoms with Gasteiger partial charge in [-0.3, -0.25) is 0 Å². The number of benzene rings is 2. The smallest absolute Gasteiger partial charge is 0.232 e. The maximum atomic E-state index is 5.83. The molecule has 0 unspecified atom stereocenters. The molecule has 3 N–H and O–H groups in total. The van der Waals surface area contributed by atoms with E-state index in [1.54, 1.807) is 13.3 Å². The number of rotatable bonds is 10. The van der Waals surface area contributed by atoms with Crippen LogP contribution in [0.4, 0.5) is 17.6 Å². The number of hydrogen-bond donors (Lipinski definition) is 2. The standard InChI is InChI=1S/C22H26N6O3/c1-4-16-8-6-7-9-17(16)25-22-27-20(26-21(23)28-22)14-31-24-13-15-10-11-18(30-5-2)19(12-15)29-3/h6-13H,4-5,14H2,1-3H3,(H3,23,25,26,27,28)/b24-13+. The number of oxime groups is 1. The van der Waals surface area contributed by atoms with E-state index in [-0.39, 0.29) is 12.6 Å². The third-order valence-corrected chi connectivity index (χ3v) is 4.30. The average molecular weight is 422 g/mol. The van der Waals surface area contributed by atoms with Gasteiger partial charge >= 0.3 is 0 Å². The van der Waals surface area contributed by atoms with Crippen molar-refractivity contribution >= 4 is 23.8 Å². The average Bonchev–Trinajstić information content (AvgIpc) is 2.77. The molecule has 2 aromatic carbocycles. The summed E-state index contributed by atoms with van der Waals surface area (Å²) in [5.41, 5.74) is 8.70. The van der Waals surface area contributed by atoms with Crippen LogP contribution >= 0.6 is 0 Å². The highest BCUT2D eigenvalue weighted by atomic mass is 16.6. The van der Waals surface area contributed by atoms with E-state index in [0.717, 1.165) is 23.2 Å². The van der Waals surface area contributed by atoms with Crippen molar-refractivity contribution in [3.8, 4) is 11.5 Å². The van der Waals surface area contributed by atoms with E-state index < -0.39 is 0 Å². The van der Waals surface area contributed by atoms with Crippen molar-refractivity contribution < 1.29 is 14.3 Å². The minimum Gasteiger partial charge on any atom is -0.493 e. The molecule has 0 saturated carbocycles. The Labute approximate surface area is 181 Å². The van der Waals surface area contributed by atoms with Crippen LogP contribution in [0.5, 0.6) is 11.5 Å². The summed E-state index contributed by atoms with van der Waals surface area (Å²) in [6.45, 7) is 4.60. The van der Waals surface area contributed by atoms with Crippen LogP contribution in [0.3, 0.4) is 0 Å². The van der Waals surface area contributed by atoms with Crippen LogP contribution in [0.15, 0.2) is 47.6 Å². The van der Waals surface area contributed by atoms with Gasteiger partial charge < -0.3 is 25.4 Å². The zero-order valence-electron chi connectivity index (χ0n) is 17.8. The normalized spacial score (nSPS) is 10.8.